The second-order valence-electron chi connectivity index (χ2n) is 5.56. The first-order valence-electron chi connectivity index (χ1n) is 6.69. The van der Waals surface area contributed by atoms with Gasteiger partial charge in [0, 0.05) is 30.9 Å². The molecule has 0 unspecified atom stereocenters. The molecule has 6 heteroatoms. The third-order valence-corrected chi connectivity index (χ3v) is 5.86. The standard InChI is InChI=1S/C14H18O5S/c1-18-10-2-3-11-12(15)9-14(19-13(11)8-10)4-6-20(16,17)7-5-14/h2-3,8,12,15H,4-7,9H2,1H3/t12-/m0/s1. The second kappa shape index (κ2) is 4.63. The van der Waals surface area contributed by atoms with Crippen LogP contribution >= 0.6 is 0 Å². The van der Waals surface area contributed by atoms with Crippen molar-refractivity contribution in [1.29, 1.82) is 0 Å². The van der Waals surface area contributed by atoms with Crippen LogP contribution in [0.1, 0.15) is 30.9 Å². The molecule has 2 aliphatic heterocycles. The van der Waals surface area contributed by atoms with Crippen molar-refractivity contribution >= 4 is 9.84 Å². The normalized spacial score (nSPS) is 26.6. The highest BCUT2D eigenvalue weighted by Crippen LogP contribution is 2.45. The minimum Gasteiger partial charge on any atom is -0.497 e. The Morgan fingerprint density at radius 2 is 2.05 bits per heavy atom. The smallest absolute Gasteiger partial charge is 0.150 e. The lowest BCUT2D eigenvalue weighted by molar-refractivity contribution is -0.0209. The van der Waals surface area contributed by atoms with E-state index in [0.29, 0.717) is 30.8 Å². The van der Waals surface area contributed by atoms with Crippen molar-refractivity contribution < 1.29 is 23.0 Å². The van der Waals surface area contributed by atoms with E-state index in [1.807, 2.05) is 0 Å². The Hall–Kier alpha value is -1.27. The van der Waals surface area contributed by atoms with Gasteiger partial charge in [-0.1, -0.05) is 0 Å². The largest absolute Gasteiger partial charge is 0.497 e. The van der Waals surface area contributed by atoms with Crippen LogP contribution in [-0.2, 0) is 9.84 Å². The summed E-state index contributed by atoms with van der Waals surface area (Å²) in [6, 6.07) is 5.34. The van der Waals surface area contributed by atoms with Crippen molar-refractivity contribution in [2.75, 3.05) is 18.6 Å². The highest BCUT2D eigenvalue weighted by Gasteiger charge is 2.44. The first-order valence-corrected chi connectivity index (χ1v) is 8.51. The Morgan fingerprint density at radius 3 is 2.70 bits per heavy atom. The zero-order valence-electron chi connectivity index (χ0n) is 11.3. The number of hydrogen-bond donors (Lipinski definition) is 1. The van der Waals surface area contributed by atoms with Gasteiger partial charge >= 0.3 is 0 Å². The molecule has 0 amide bonds. The molecule has 1 aromatic carbocycles. The minimum atomic E-state index is -2.95. The van der Waals surface area contributed by atoms with Crippen molar-refractivity contribution in [3.63, 3.8) is 0 Å². The van der Waals surface area contributed by atoms with Crippen LogP contribution in [0.25, 0.3) is 0 Å². The Bertz CT molecular complexity index is 608. The zero-order chi connectivity index (χ0) is 14.4. The molecule has 1 fully saturated rings. The molecule has 0 bridgehead atoms. The van der Waals surface area contributed by atoms with Crippen LogP contribution < -0.4 is 9.47 Å². The van der Waals surface area contributed by atoms with Gasteiger partial charge in [0.05, 0.1) is 24.7 Å². The van der Waals surface area contributed by atoms with Crippen LogP contribution in [0.3, 0.4) is 0 Å². The summed E-state index contributed by atoms with van der Waals surface area (Å²) >= 11 is 0. The first kappa shape index (κ1) is 13.7. The fraction of sp³-hybridized carbons (Fsp3) is 0.571. The first-order chi connectivity index (χ1) is 9.43. The van der Waals surface area contributed by atoms with E-state index in [9.17, 15) is 13.5 Å². The van der Waals surface area contributed by atoms with Gasteiger partial charge < -0.3 is 14.6 Å². The summed E-state index contributed by atoms with van der Waals surface area (Å²) in [6.07, 6.45) is 0.693. The predicted octanol–water partition coefficient (Wildman–Crippen LogP) is 1.46. The monoisotopic (exact) mass is 298 g/mol. The average molecular weight is 298 g/mol. The highest BCUT2D eigenvalue weighted by molar-refractivity contribution is 7.91. The van der Waals surface area contributed by atoms with Crippen molar-refractivity contribution in [3.8, 4) is 11.5 Å². The maximum absolute atomic E-state index is 11.6. The second-order valence-corrected chi connectivity index (χ2v) is 7.86. The van der Waals surface area contributed by atoms with E-state index in [-0.39, 0.29) is 11.5 Å². The molecule has 5 nitrogen and oxygen atoms in total. The van der Waals surface area contributed by atoms with Crippen molar-refractivity contribution in [3.05, 3.63) is 23.8 Å². The lowest BCUT2D eigenvalue weighted by Gasteiger charge is -2.43. The van der Waals surface area contributed by atoms with Gasteiger partial charge in [-0.15, -0.1) is 0 Å². The number of sulfone groups is 1. The molecule has 0 aliphatic carbocycles. The Morgan fingerprint density at radius 1 is 1.35 bits per heavy atom. The highest BCUT2D eigenvalue weighted by atomic mass is 32.2. The molecule has 0 radical (unpaired) electrons. The van der Waals surface area contributed by atoms with Gasteiger partial charge in [-0.05, 0) is 12.1 Å². The van der Waals surface area contributed by atoms with Crippen LogP contribution in [0.15, 0.2) is 18.2 Å². The van der Waals surface area contributed by atoms with Crippen LogP contribution in [0.5, 0.6) is 11.5 Å². The molecule has 2 heterocycles. The number of methoxy groups -OCH3 is 1. The van der Waals surface area contributed by atoms with Crippen molar-refractivity contribution in [2.24, 2.45) is 0 Å². The Kier molecular flexibility index (Phi) is 3.17. The molecule has 3 rings (SSSR count). The van der Waals surface area contributed by atoms with Gasteiger partial charge in [0.2, 0.25) is 0 Å². The molecule has 1 saturated heterocycles. The molecule has 1 atom stereocenters. The van der Waals surface area contributed by atoms with Crippen molar-refractivity contribution in [1.82, 2.24) is 0 Å². The van der Waals surface area contributed by atoms with Crippen LogP contribution in [0.4, 0.5) is 0 Å². The number of fused-ring (bicyclic) bond motifs is 1. The van der Waals surface area contributed by atoms with E-state index < -0.39 is 21.5 Å². The molecule has 0 saturated carbocycles. The molecule has 1 aromatic rings. The summed E-state index contributed by atoms with van der Waals surface area (Å²) < 4.78 is 34.4. The number of ether oxygens (including phenoxy) is 2. The summed E-state index contributed by atoms with van der Waals surface area (Å²) in [4.78, 5) is 0. The molecule has 20 heavy (non-hydrogen) atoms. The zero-order valence-corrected chi connectivity index (χ0v) is 12.1. The van der Waals surface area contributed by atoms with Gasteiger partial charge in [0.1, 0.15) is 17.1 Å². The molecule has 1 N–H and O–H groups in total. The van der Waals surface area contributed by atoms with Gasteiger partial charge in [0.25, 0.3) is 0 Å². The van der Waals surface area contributed by atoms with E-state index in [2.05, 4.69) is 0 Å². The molecular weight excluding hydrogens is 280 g/mol. The number of aliphatic hydroxyl groups is 1. The summed E-state index contributed by atoms with van der Waals surface area (Å²) in [5.74, 6) is 1.51. The SMILES string of the molecule is COc1ccc2c(c1)OC1(CCS(=O)(=O)CC1)C[C@@H]2O. The van der Waals surface area contributed by atoms with E-state index in [1.165, 1.54) is 0 Å². The van der Waals surface area contributed by atoms with E-state index in [1.54, 1.807) is 25.3 Å². The fourth-order valence-corrected chi connectivity index (χ4v) is 4.53. The van der Waals surface area contributed by atoms with E-state index in [0.717, 1.165) is 5.56 Å². The van der Waals surface area contributed by atoms with Gasteiger partial charge in [-0.3, -0.25) is 0 Å². The van der Waals surface area contributed by atoms with E-state index >= 15 is 0 Å². The number of aliphatic hydroxyl groups excluding tert-OH is 1. The molecular formula is C14H18O5S. The quantitative estimate of drug-likeness (QED) is 0.849. The molecule has 0 aromatic heterocycles. The number of hydrogen-bond acceptors (Lipinski definition) is 5. The third kappa shape index (κ3) is 2.38. The molecule has 2 aliphatic rings. The van der Waals surface area contributed by atoms with Crippen LogP contribution in [0.2, 0.25) is 0 Å². The van der Waals surface area contributed by atoms with Crippen LogP contribution in [0, 0.1) is 0 Å². The molecule has 110 valence electrons. The maximum Gasteiger partial charge on any atom is 0.150 e. The lowest BCUT2D eigenvalue weighted by atomic mass is 9.84. The molecule has 1 spiro atoms. The van der Waals surface area contributed by atoms with Gasteiger partial charge in [-0.2, -0.15) is 0 Å². The maximum atomic E-state index is 11.6. The minimum absolute atomic E-state index is 0.124. The van der Waals surface area contributed by atoms with E-state index in [4.69, 9.17) is 9.47 Å². The fourth-order valence-electron chi connectivity index (χ4n) is 2.96. The summed E-state index contributed by atoms with van der Waals surface area (Å²) in [7, 11) is -1.38. The van der Waals surface area contributed by atoms with Crippen molar-refractivity contribution in [2.45, 2.75) is 31.0 Å². The number of rotatable bonds is 1. The summed E-state index contributed by atoms with van der Waals surface area (Å²) in [6.45, 7) is 0. The number of benzene rings is 1. The topological polar surface area (TPSA) is 72.8 Å². The Balaban J connectivity index is 1.91. The third-order valence-electron chi connectivity index (χ3n) is 4.21. The predicted molar refractivity (Wildman–Crippen MR) is 73.8 cm³/mol. The Labute approximate surface area is 118 Å². The van der Waals surface area contributed by atoms with Gasteiger partial charge in [-0.25, -0.2) is 8.42 Å². The van der Waals surface area contributed by atoms with Crippen LogP contribution in [-0.4, -0.2) is 37.7 Å². The average Bonchev–Trinajstić information content (AvgIpc) is 2.42. The lowest BCUT2D eigenvalue weighted by Crippen LogP contribution is -2.47. The summed E-state index contributed by atoms with van der Waals surface area (Å²) in [5.41, 5.74) is 0.175. The van der Waals surface area contributed by atoms with Gasteiger partial charge in [0.15, 0.2) is 9.84 Å². The summed E-state index contributed by atoms with van der Waals surface area (Å²) in [5, 5.41) is 10.3.